The number of sulfonamides is 1. The van der Waals surface area contributed by atoms with Gasteiger partial charge in [-0.25, -0.2) is 8.42 Å². The Morgan fingerprint density at radius 3 is 2.23 bits per heavy atom. The van der Waals surface area contributed by atoms with Crippen LogP contribution in [0.1, 0.15) is 5.56 Å². The molecule has 7 nitrogen and oxygen atoms in total. The number of hydrogen-bond donors (Lipinski definition) is 3. The van der Waals surface area contributed by atoms with Crippen LogP contribution in [0.3, 0.4) is 0 Å². The molecule has 136 valence electrons. The maximum absolute atomic E-state index is 12.9. The van der Waals surface area contributed by atoms with Crippen LogP contribution in [0.4, 0.5) is 11.4 Å². The fourth-order valence-corrected chi connectivity index (χ4v) is 4.52. The van der Waals surface area contributed by atoms with E-state index in [1.165, 1.54) is 18.2 Å². The van der Waals surface area contributed by atoms with E-state index in [0.717, 1.165) is 12.1 Å². The summed E-state index contributed by atoms with van der Waals surface area (Å²) in [5.41, 5.74) is 7.15. The van der Waals surface area contributed by atoms with Crippen molar-refractivity contribution >= 4 is 42.3 Å². The molecular formula is C17H16N2O5S2. The van der Waals surface area contributed by atoms with Crippen molar-refractivity contribution in [2.75, 3.05) is 10.5 Å². The maximum Gasteiger partial charge on any atom is 0.294 e. The van der Waals surface area contributed by atoms with Gasteiger partial charge in [0.15, 0.2) is 0 Å². The Bertz CT molecular complexity index is 1220. The van der Waals surface area contributed by atoms with Gasteiger partial charge in [-0.3, -0.25) is 9.27 Å². The van der Waals surface area contributed by atoms with Gasteiger partial charge in [-0.2, -0.15) is 8.42 Å². The van der Waals surface area contributed by atoms with Gasteiger partial charge in [0.05, 0.1) is 15.5 Å². The minimum Gasteiger partial charge on any atom is -0.398 e. The summed E-state index contributed by atoms with van der Waals surface area (Å²) in [6, 6.07) is 13.2. The average molecular weight is 392 g/mol. The zero-order valence-electron chi connectivity index (χ0n) is 13.7. The van der Waals surface area contributed by atoms with E-state index < -0.39 is 25.0 Å². The number of rotatable bonds is 4. The summed E-state index contributed by atoms with van der Waals surface area (Å²) in [6.45, 7) is 1.71. The molecule has 3 rings (SSSR count). The Balaban J connectivity index is 2.13. The lowest BCUT2D eigenvalue weighted by Gasteiger charge is -2.14. The molecule has 0 aliphatic rings. The van der Waals surface area contributed by atoms with Crippen LogP contribution in [0.2, 0.25) is 0 Å². The van der Waals surface area contributed by atoms with Crippen LogP contribution < -0.4 is 10.5 Å². The number of nitrogen functional groups attached to an aromatic ring is 1. The summed E-state index contributed by atoms with van der Waals surface area (Å²) >= 11 is 0. The van der Waals surface area contributed by atoms with Gasteiger partial charge in [0.25, 0.3) is 20.1 Å². The standard InChI is InChI=1S/C17H16N2O5S2/c1-11-9-16(14-7-2-3-8-15(14)17(11)18)25(20,21)19-12-5-4-6-13(10-12)26(22,23)24/h2-10,19H,18H2,1H3,(H,22,23,24). The fourth-order valence-electron chi connectivity index (χ4n) is 2.65. The van der Waals surface area contributed by atoms with Gasteiger partial charge in [-0.15, -0.1) is 0 Å². The molecule has 0 aliphatic heterocycles. The van der Waals surface area contributed by atoms with Crippen molar-refractivity contribution in [1.82, 2.24) is 0 Å². The molecule has 0 amide bonds. The van der Waals surface area contributed by atoms with Gasteiger partial charge in [0.2, 0.25) is 0 Å². The number of nitrogens with one attached hydrogen (secondary N) is 1. The highest BCUT2D eigenvalue weighted by Gasteiger charge is 2.20. The molecule has 0 spiro atoms. The van der Waals surface area contributed by atoms with E-state index in [0.29, 0.717) is 22.0 Å². The normalized spacial score (nSPS) is 12.2. The molecule has 0 aliphatic carbocycles. The maximum atomic E-state index is 12.9. The molecule has 26 heavy (non-hydrogen) atoms. The van der Waals surface area contributed by atoms with E-state index in [1.807, 2.05) is 0 Å². The number of aryl methyl sites for hydroxylation is 1. The molecule has 0 bridgehead atoms. The molecule has 9 heteroatoms. The van der Waals surface area contributed by atoms with Crippen molar-refractivity contribution in [3.8, 4) is 0 Å². The smallest absolute Gasteiger partial charge is 0.294 e. The molecule has 4 N–H and O–H groups in total. The Hall–Kier alpha value is -2.62. The summed E-state index contributed by atoms with van der Waals surface area (Å²) < 4.78 is 59.7. The third-order valence-corrected chi connectivity index (χ3v) is 6.20. The van der Waals surface area contributed by atoms with Crippen molar-refractivity contribution in [2.24, 2.45) is 0 Å². The van der Waals surface area contributed by atoms with E-state index in [4.69, 9.17) is 10.3 Å². The largest absolute Gasteiger partial charge is 0.398 e. The Morgan fingerprint density at radius 1 is 0.923 bits per heavy atom. The SMILES string of the molecule is Cc1cc(S(=O)(=O)Nc2cccc(S(=O)(=O)O)c2)c2ccccc2c1N. The van der Waals surface area contributed by atoms with E-state index >= 15 is 0 Å². The molecule has 0 aromatic heterocycles. The molecule has 3 aromatic rings. The van der Waals surface area contributed by atoms with Crippen molar-refractivity contribution in [1.29, 1.82) is 0 Å². The van der Waals surface area contributed by atoms with Crippen LogP contribution in [0, 0.1) is 6.92 Å². The first-order valence-corrected chi connectivity index (χ1v) is 10.4. The average Bonchev–Trinajstić information content (AvgIpc) is 2.57. The van der Waals surface area contributed by atoms with Crippen LogP contribution in [-0.4, -0.2) is 21.4 Å². The Labute approximate surface area is 151 Å². The number of benzene rings is 3. The fraction of sp³-hybridized carbons (Fsp3) is 0.0588. The van der Waals surface area contributed by atoms with Gasteiger partial charge in [0.1, 0.15) is 0 Å². The topological polar surface area (TPSA) is 127 Å². The highest BCUT2D eigenvalue weighted by Crippen LogP contribution is 2.32. The van der Waals surface area contributed by atoms with Crippen molar-refractivity contribution in [3.05, 3.63) is 60.2 Å². The zero-order chi connectivity index (χ0) is 19.1. The number of anilines is 2. The predicted molar refractivity (Wildman–Crippen MR) is 100 cm³/mol. The van der Waals surface area contributed by atoms with Crippen LogP contribution in [-0.2, 0) is 20.1 Å². The third-order valence-electron chi connectivity index (χ3n) is 3.93. The lowest BCUT2D eigenvalue weighted by molar-refractivity contribution is 0.483. The van der Waals surface area contributed by atoms with Crippen molar-refractivity contribution in [2.45, 2.75) is 16.7 Å². The summed E-state index contributed by atoms with van der Waals surface area (Å²) in [4.78, 5) is -0.381. The third kappa shape index (κ3) is 3.36. The lowest BCUT2D eigenvalue weighted by Crippen LogP contribution is -2.14. The monoisotopic (exact) mass is 392 g/mol. The molecule has 0 unspecified atom stereocenters. The molecular weight excluding hydrogens is 376 g/mol. The molecule has 0 atom stereocenters. The first-order valence-electron chi connectivity index (χ1n) is 7.48. The summed E-state index contributed by atoms with van der Waals surface area (Å²) in [6.07, 6.45) is 0. The highest BCUT2D eigenvalue weighted by atomic mass is 32.2. The van der Waals surface area contributed by atoms with Crippen molar-refractivity contribution < 1.29 is 21.4 Å². The lowest BCUT2D eigenvalue weighted by atomic mass is 10.1. The molecule has 0 fully saturated rings. The minimum atomic E-state index is -4.44. The van der Waals surface area contributed by atoms with Gasteiger partial charge >= 0.3 is 0 Å². The Morgan fingerprint density at radius 2 is 1.58 bits per heavy atom. The van der Waals surface area contributed by atoms with Crippen LogP contribution in [0.15, 0.2) is 64.4 Å². The molecule has 0 radical (unpaired) electrons. The van der Waals surface area contributed by atoms with Crippen LogP contribution in [0.5, 0.6) is 0 Å². The van der Waals surface area contributed by atoms with E-state index in [1.54, 1.807) is 31.2 Å². The second kappa shape index (κ2) is 6.27. The number of nitrogens with two attached hydrogens (primary N) is 1. The van der Waals surface area contributed by atoms with Gasteiger partial charge < -0.3 is 5.73 Å². The van der Waals surface area contributed by atoms with Gasteiger partial charge in [-0.1, -0.05) is 30.3 Å². The first kappa shape index (κ1) is 18.2. The van der Waals surface area contributed by atoms with Gasteiger partial charge in [-0.05, 0) is 36.8 Å². The number of hydrogen-bond acceptors (Lipinski definition) is 5. The minimum absolute atomic E-state index is 0.0127. The number of fused-ring (bicyclic) bond motifs is 1. The Kier molecular flexibility index (Phi) is 4.39. The second-order valence-corrected chi connectivity index (χ2v) is 8.83. The summed E-state index contributed by atoms with van der Waals surface area (Å²) in [7, 11) is -8.47. The second-order valence-electron chi connectivity index (χ2n) is 5.76. The summed E-state index contributed by atoms with van der Waals surface area (Å²) in [5, 5.41) is 1.06. The van der Waals surface area contributed by atoms with E-state index in [-0.39, 0.29) is 10.6 Å². The quantitative estimate of drug-likeness (QED) is 0.463. The molecule has 0 heterocycles. The van der Waals surface area contributed by atoms with Gasteiger partial charge in [0, 0.05) is 16.5 Å². The molecule has 0 saturated heterocycles. The van der Waals surface area contributed by atoms with Crippen LogP contribution >= 0.6 is 0 Å². The highest BCUT2D eigenvalue weighted by molar-refractivity contribution is 7.93. The van der Waals surface area contributed by atoms with Crippen LogP contribution in [0.25, 0.3) is 10.8 Å². The zero-order valence-corrected chi connectivity index (χ0v) is 15.3. The molecule has 3 aromatic carbocycles. The van der Waals surface area contributed by atoms with E-state index in [9.17, 15) is 16.8 Å². The summed E-state index contributed by atoms with van der Waals surface area (Å²) in [5.74, 6) is 0. The van der Waals surface area contributed by atoms with E-state index in [2.05, 4.69) is 4.72 Å². The first-order chi connectivity index (χ1) is 12.1. The molecule has 0 saturated carbocycles. The predicted octanol–water partition coefficient (Wildman–Crippen LogP) is 2.78. The van der Waals surface area contributed by atoms with Crippen molar-refractivity contribution in [3.63, 3.8) is 0 Å².